The van der Waals surface area contributed by atoms with Crippen LogP contribution < -0.4 is 5.32 Å². The Morgan fingerprint density at radius 3 is 2.76 bits per heavy atom. The molecule has 0 unspecified atom stereocenters. The Balaban J connectivity index is 1.99. The van der Waals surface area contributed by atoms with Crippen LogP contribution in [0, 0.1) is 0 Å². The third kappa shape index (κ3) is 3.00. The van der Waals surface area contributed by atoms with Crippen molar-refractivity contribution in [1.82, 2.24) is 20.4 Å². The third-order valence-corrected chi connectivity index (χ3v) is 3.31. The predicted octanol–water partition coefficient (Wildman–Crippen LogP) is 0.691. The molecule has 5 heteroatoms. The van der Waals surface area contributed by atoms with E-state index in [1.165, 1.54) is 0 Å². The zero-order chi connectivity index (χ0) is 12.3. The first-order valence-electron chi connectivity index (χ1n) is 5.88. The lowest BCUT2D eigenvalue weighted by Crippen LogP contribution is -2.52. The van der Waals surface area contributed by atoms with Gasteiger partial charge >= 0.3 is 0 Å². The van der Waals surface area contributed by atoms with Crippen molar-refractivity contribution in [3.8, 4) is 0 Å². The molecular weight excluding hydrogens is 216 g/mol. The van der Waals surface area contributed by atoms with E-state index in [9.17, 15) is 4.79 Å². The smallest absolute Gasteiger partial charge is 0.272 e. The number of piperidine rings is 1. The van der Waals surface area contributed by atoms with Gasteiger partial charge in [0.1, 0.15) is 0 Å². The second-order valence-corrected chi connectivity index (χ2v) is 4.93. The molecule has 2 heterocycles. The van der Waals surface area contributed by atoms with Crippen LogP contribution in [0.4, 0.5) is 0 Å². The van der Waals surface area contributed by atoms with E-state index in [2.05, 4.69) is 34.4 Å². The number of amides is 1. The minimum Gasteiger partial charge on any atom is -0.345 e. The van der Waals surface area contributed by atoms with E-state index in [-0.39, 0.29) is 11.4 Å². The summed E-state index contributed by atoms with van der Waals surface area (Å²) >= 11 is 0. The van der Waals surface area contributed by atoms with Gasteiger partial charge in [-0.2, -0.15) is 5.10 Å². The summed E-state index contributed by atoms with van der Waals surface area (Å²) in [5.41, 5.74) is 0.258. The Bertz CT molecular complexity index is 385. The fourth-order valence-corrected chi connectivity index (χ4v) is 2.00. The van der Waals surface area contributed by atoms with E-state index in [1.54, 1.807) is 18.3 Å². The molecule has 1 saturated heterocycles. The maximum absolute atomic E-state index is 12.0. The SMILES string of the molecule is CN1CCC(C)(NC(=O)c2cccnn2)CC1. The highest BCUT2D eigenvalue weighted by Gasteiger charge is 2.30. The first-order valence-corrected chi connectivity index (χ1v) is 5.88. The van der Waals surface area contributed by atoms with Gasteiger partial charge in [0.2, 0.25) is 0 Å². The van der Waals surface area contributed by atoms with E-state index < -0.39 is 0 Å². The van der Waals surface area contributed by atoms with Gasteiger partial charge in [0.15, 0.2) is 5.69 Å². The molecule has 1 N–H and O–H groups in total. The van der Waals surface area contributed by atoms with Crippen molar-refractivity contribution < 1.29 is 4.79 Å². The number of hydrogen-bond acceptors (Lipinski definition) is 4. The van der Waals surface area contributed by atoms with Crippen LogP contribution in [0.2, 0.25) is 0 Å². The van der Waals surface area contributed by atoms with Crippen LogP contribution >= 0.6 is 0 Å². The average molecular weight is 234 g/mol. The molecule has 1 amide bonds. The summed E-state index contributed by atoms with van der Waals surface area (Å²) < 4.78 is 0. The zero-order valence-corrected chi connectivity index (χ0v) is 10.3. The largest absolute Gasteiger partial charge is 0.345 e. The van der Waals surface area contributed by atoms with Crippen LogP contribution in [0.1, 0.15) is 30.3 Å². The molecule has 1 fully saturated rings. The second kappa shape index (κ2) is 4.79. The van der Waals surface area contributed by atoms with E-state index in [0.29, 0.717) is 5.69 Å². The molecule has 17 heavy (non-hydrogen) atoms. The van der Waals surface area contributed by atoms with Crippen molar-refractivity contribution in [2.24, 2.45) is 0 Å². The molecule has 92 valence electrons. The summed E-state index contributed by atoms with van der Waals surface area (Å²) in [6, 6.07) is 3.40. The number of carbonyl (C=O) groups is 1. The molecule has 0 radical (unpaired) electrons. The third-order valence-electron chi connectivity index (χ3n) is 3.31. The van der Waals surface area contributed by atoms with Crippen LogP contribution in [0.25, 0.3) is 0 Å². The molecule has 1 aromatic heterocycles. The molecule has 0 bridgehead atoms. The summed E-state index contributed by atoms with van der Waals surface area (Å²) in [5, 5.41) is 10.6. The minimum atomic E-state index is -0.134. The van der Waals surface area contributed by atoms with Crippen molar-refractivity contribution >= 4 is 5.91 Å². The maximum atomic E-state index is 12.0. The van der Waals surface area contributed by atoms with Gasteiger partial charge in [-0.05, 0) is 38.9 Å². The van der Waals surface area contributed by atoms with E-state index in [1.807, 2.05) is 0 Å². The van der Waals surface area contributed by atoms with Gasteiger partial charge in [-0.15, -0.1) is 5.10 Å². The second-order valence-electron chi connectivity index (χ2n) is 4.93. The fraction of sp³-hybridized carbons (Fsp3) is 0.583. The highest BCUT2D eigenvalue weighted by atomic mass is 16.2. The maximum Gasteiger partial charge on any atom is 0.272 e. The lowest BCUT2D eigenvalue weighted by atomic mass is 9.89. The molecular formula is C12H18N4O. The molecule has 1 aliphatic rings. The van der Waals surface area contributed by atoms with Gasteiger partial charge in [0.25, 0.3) is 5.91 Å². The number of rotatable bonds is 2. The van der Waals surface area contributed by atoms with Crippen LogP contribution in [-0.4, -0.2) is 46.7 Å². The number of aromatic nitrogens is 2. The normalized spacial score (nSPS) is 19.9. The zero-order valence-electron chi connectivity index (χ0n) is 10.3. The highest BCUT2D eigenvalue weighted by molar-refractivity contribution is 5.92. The summed E-state index contributed by atoms with van der Waals surface area (Å²) in [6.07, 6.45) is 3.50. The molecule has 5 nitrogen and oxygen atoms in total. The van der Waals surface area contributed by atoms with Gasteiger partial charge < -0.3 is 10.2 Å². The first-order chi connectivity index (χ1) is 8.09. The molecule has 0 aliphatic carbocycles. The standard InChI is InChI=1S/C12H18N4O/c1-12(5-8-16(2)9-6-12)14-11(17)10-4-3-7-13-15-10/h3-4,7H,5-6,8-9H2,1-2H3,(H,14,17). The van der Waals surface area contributed by atoms with E-state index >= 15 is 0 Å². The number of nitrogens with one attached hydrogen (secondary N) is 1. The number of likely N-dealkylation sites (tertiary alicyclic amines) is 1. The summed E-state index contributed by atoms with van der Waals surface area (Å²) in [5.74, 6) is -0.134. The number of nitrogens with zero attached hydrogens (tertiary/aromatic N) is 3. The summed E-state index contributed by atoms with van der Waals surface area (Å²) in [7, 11) is 2.10. The van der Waals surface area contributed by atoms with Crippen molar-refractivity contribution in [1.29, 1.82) is 0 Å². The Kier molecular flexibility index (Phi) is 3.38. The molecule has 0 atom stereocenters. The summed E-state index contributed by atoms with van der Waals surface area (Å²) in [6.45, 7) is 4.11. The van der Waals surface area contributed by atoms with E-state index in [4.69, 9.17) is 0 Å². The van der Waals surface area contributed by atoms with Crippen molar-refractivity contribution in [2.45, 2.75) is 25.3 Å². The average Bonchev–Trinajstić information content (AvgIpc) is 2.34. The van der Waals surface area contributed by atoms with Crippen molar-refractivity contribution in [2.75, 3.05) is 20.1 Å². The molecule has 1 aromatic rings. The Labute approximate surface area is 101 Å². The highest BCUT2D eigenvalue weighted by Crippen LogP contribution is 2.20. The number of carbonyl (C=O) groups excluding carboxylic acids is 1. The summed E-state index contributed by atoms with van der Waals surface area (Å²) in [4.78, 5) is 14.2. The Morgan fingerprint density at radius 2 is 2.18 bits per heavy atom. The lowest BCUT2D eigenvalue weighted by molar-refractivity contribution is 0.0846. The van der Waals surface area contributed by atoms with Gasteiger partial charge in [-0.1, -0.05) is 0 Å². The monoisotopic (exact) mass is 234 g/mol. The predicted molar refractivity (Wildman–Crippen MR) is 64.6 cm³/mol. The molecule has 0 aromatic carbocycles. The van der Waals surface area contributed by atoms with Gasteiger partial charge in [0, 0.05) is 24.8 Å². The Morgan fingerprint density at radius 1 is 1.47 bits per heavy atom. The molecule has 0 saturated carbocycles. The lowest BCUT2D eigenvalue weighted by Gasteiger charge is -2.38. The number of hydrogen-bond donors (Lipinski definition) is 1. The van der Waals surface area contributed by atoms with Crippen LogP contribution in [0.5, 0.6) is 0 Å². The van der Waals surface area contributed by atoms with Crippen LogP contribution in [-0.2, 0) is 0 Å². The van der Waals surface area contributed by atoms with Crippen LogP contribution in [0.3, 0.4) is 0 Å². The van der Waals surface area contributed by atoms with Crippen LogP contribution in [0.15, 0.2) is 18.3 Å². The topological polar surface area (TPSA) is 58.1 Å². The fourth-order valence-electron chi connectivity index (χ4n) is 2.00. The van der Waals surface area contributed by atoms with Crippen molar-refractivity contribution in [3.05, 3.63) is 24.0 Å². The van der Waals surface area contributed by atoms with Crippen molar-refractivity contribution in [3.63, 3.8) is 0 Å². The van der Waals surface area contributed by atoms with E-state index in [0.717, 1.165) is 25.9 Å². The molecule has 2 rings (SSSR count). The first kappa shape index (κ1) is 12.0. The van der Waals surface area contributed by atoms with Gasteiger partial charge in [-0.3, -0.25) is 4.79 Å². The van der Waals surface area contributed by atoms with Gasteiger partial charge in [0.05, 0.1) is 0 Å². The van der Waals surface area contributed by atoms with Gasteiger partial charge in [-0.25, -0.2) is 0 Å². The Hall–Kier alpha value is -1.49. The minimum absolute atomic E-state index is 0.124. The quantitative estimate of drug-likeness (QED) is 0.818. The molecule has 0 spiro atoms. The molecule has 1 aliphatic heterocycles.